The van der Waals surface area contributed by atoms with E-state index in [1.807, 2.05) is 30.3 Å². The van der Waals surface area contributed by atoms with E-state index in [4.69, 9.17) is 19.3 Å². The van der Waals surface area contributed by atoms with Crippen LogP contribution in [0.1, 0.15) is 15.2 Å². The number of nitrogens with zero attached hydrogens (tertiary/aromatic N) is 1. The van der Waals surface area contributed by atoms with Gasteiger partial charge in [0, 0.05) is 6.42 Å². The molecule has 0 radical (unpaired) electrons. The normalized spacial score (nSPS) is 16.8. The number of hydrogen-bond donors (Lipinski definition) is 1. The summed E-state index contributed by atoms with van der Waals surface area (Å²) in [5, 5.41) is 8.97. The highest BCUT2D eigenvalue weighted by molar-refractivity contribution is 7.12. The molecule has 108 valence electrons. The third kappa shape index (κ3) is 3.14. The molecule has 0 amide bonds. The molecule has 1 aromatic heterocycles. The smallest absolute Gasteiger partial charge is 0.351 e. The third-order valence-corrected chi connectivity index (χ3v) is 3.53. The first-order valence-corrected chi connectivity index (χ1v) is 7.01. The summed E-state index contributed by atoms with van der Waals surface area (Å²) in [6.07, 6.45) is 1.39. The minimum Gasteiger partial charge on any atom is -0.477 e. The number of thiazole rings is 1. The zero-order valence-corrected chi connectivity index (χ0v) is 11.6. The van der Waals surface area contributed by atoms with Crippen LogP contribution in [-0.4, -0.2) is 22.3 Å². The predicted octanol–water partition coefficient (Wildman–Crippen LogP) is 2.63. The summed E-state index contributed by atoms with van der Waals surface area (Å²) < 4.78 is 16.1. The zero-order chi connectivity index (χ0) is 14.7. The molecule has 1 aliphatic rings. The van der Waals surface area contributed by atoms with Gasteiger partial charge in [0.2, 0.25) is 12.2 Å². The maximum atomic E-state index is 11.0. The van der Waals surface area contributed by atoms with Gasteiger partial charge in [0.1, 0.15) is 0 Å². The molecule has 0 aliphatic carbocycles. The summed E-state index contributed by atoms with van der Waals surface area (Å²) in [5.74, 6) is -0.986. The molecule has 1 atom stereocenters. The van der Waals surface area contributed by atoms with Crippen LogP contribution < -0.4 is 4.74 Å². The number of carbonyl (C=O) groups is 1. The van der Waals surface area contributed by atoms with Crippen molar-refractivity contribution < 1.29 is 24.1 Å². The molecular formula is C14H11NO5S. The van der Waals surface area contributed by atoms with Gasteiger partial charge in [-0.25, -0.2) is 9.78 Å². The van der Waals surface area contributed by atoms with Crippen LogP contribution in [0.4, 0.5) is 0 Å². The van der Waals surface area contributed by atoms with Gasteiger partial charge in [-0.1, -0.05) is 30.3 Å². The predicted molar refractivity (Wildman–Crippen MR) is 73.9 cm³/mol. The van der Waals surface area contributed by atoms with Gasteiger partial charge in [-0.15, -0.1) is 11.3 Å². The molecule has 7 heteroatoms. The first-order chi connectivity index (χ1) is 10.2. The van der Waals surface area contributed by atoms with Gasteiger partial charge in [-0.05, 0) is 5.56 Å². The van der Waals surface area contributed by atoms with Gasteiger partial charge in [0.25, 0.3) is 0 Å². The Morgan fingerprint density at radius 3 is 2.95 bits per heavy atom. The van der Waals surface area contributed by atoms with Crippen LogP contribution in [0, 0.1) is 0 Å². The standard InChI is InChI=1S/C14H11NO5S/c16-14(17)12-13(15-8-21-12)20-11-7-18-10(19-11)6-9-4-2-1-3-5-9/h1-5,7-8,10H,6H2,(H,16,17). The quantitative estimate of drug-likeness (QED) is 0.915. The van der Waals surface area contributed by atoms with Gasteiger partial charge in [-0.3, -0.25) is 0 Å². The summed E-state index contributed by atoms with van der Waals surface area (Å²) in [7, 11) is 0. The van der Waals surface area contributed by atoms with Crippen molar-refractivity contribution in [2.24, 2.45) is 0 Å². The molecule has 21 heavy (non-hydrogen) atoms. The second-order valence-corrected chi connectivity index (χ2v) is 5.06. The van der Waals surface area contributed by atoms with Crippen molar-refractivity contribution in [3.05, 3.63) is 58.5 Å². The number of ether oxygens (including phenoxy) is 3. The topological polar surface area (TPSA) is 77.9 Å². The minimum atomic E-state index is -1.09. The molecular weight excluding hydrogens is 294 g/mol. The molecule has 0 bridgehead atoms. The van der Waals surface area contributed by atoms with E-state index in [0.717, 1.165) is 16.9 Å². The summed E-state index contributed by atoms with van der Waals surface area (Å²) in [6.45, 7) is 0. The molecule has 0 saturated heterocycles. The SMILES string of the molecule is O=C(O)c1scnc1OC1=COC(Cc2ccccc2)O1. The second kappa shape index (κ2) is 5.84. The fraction of sp³-hybridized carbons (Fsp3) is 0.143. The Morgan fingerprint density at radius 2 is 2.19 bits per heavy atom. The molecule has 0 saturated carbocycles. The number of carboxylic acids is 1. The van der Waals surface area contributed by atoms with E-state index in [1.165, 1.54) is 11.8 Å². The van der Waals surface area contributed by atoms with Crippen LogP contribution >= 0.6 is 11.3 Å². The Morgan fingerprint density at radius 1 is 1.38 bits per heavy atom. The monoisotopic (exact) mass is 305 g/mol. The van der Waals surface area contributed by atoms with Crippen LogP contribution in [0.5, 0.6) is 5.88 Å². The van der Waals surface area contributed by atoms with Gasteiger partial charge in [-0.2, -0.15) is 0 Å². The van der Waals surface area contributed by atoms with Crippen LogP contribution in [0.3, 0.4) is 0 Å². The number of benzene rings is 1. The van der Waals surface area contributed by atoms with E-state index in [1.54, 1.807) is 0 Å². The van der Waals surface area contributed by atoms with Crippen LogP contribution in [0.15, 0.2) is 48.0 Å². The van der Waals surface area contributed by atoms with E-state index in [9.17, 15) is 4.79 Å². The first kappa shape index (κ1) is 13.4. The number of aromatic nitrogens is 1. The second-order valence-electron chi connectivity index (χ2n) is 4.20. The van der Waals surface area contributed by atoms with Gasteiger partial charge in [0.15, 0.2) is 11.1 Å². The Labute approximate surface area is 124 Å². The van der Waals surface area contributed by atoms with Crippen LogP contribution in [-0.2, 0) is 15.9 Å². The fourth-order valence-electron chi connectivity index (χ4n) is 1.81. The molecule has 1 aromatic carbocycles. The summed E-state index contributed by atoms with van der Waals surface area (Å²) in [5.41, 5.74) is 2.47. The molecule has 1 aliphatic heterocycles. The maximum absolute atomic E-state index is 11.0. The van der Waals surface area contributed by atoms with Gasteiger partial charge in [0.05, 0.1) is 5.51 Å². The lowest BCUT2D eigenvalue weighted by Crippen LogP contribution is -2.13. The van der Waals surface area contributed by atoms with Crippen molar-refractivity contribution in [3.8, 4) is 5.88 Å². The first-order valence-electron chi connectivity index (χ1n) is 6.13. The fourth-order valence-corrected chi connectivity index (χ4v) is 2.36. The van der Waals surface area contributed by atoms with Crippen molar-refractivity contribution in [2.75, 3.05) is 0 Å². The Kier molecular flexibility index (Phi) is 3.74. The minimum absolute atomic E-state index is 0.00251. The Bertz CT molecular complexity index is 667. The van der Waals surface area contributed by atoms with Crippen molar-refractivity contribution in [3.63, 3.8) is 0 Å². The van der Waals surface area contributed by atoms with Gasteiger partial charge >= 0.3 is 11.9 Å². The lowest BCUT2D eigenvalue weighted by Gasteiger charge is -2.11. The lowest BCUT2D eigenvalue weighted by molar-refractivity contribution is -0.0524. The lowest BCUT2D eigenvalue weighted by atomic mass is 10.1. The number of aromatic carboxylic acids is 1. The molecule has 6 nitrogen and oxygen atoms in total. The van der Waals surface area contributed by atoms with Crippen molar-refractivity contribution in [2.45, 2.75) is 12.7 Å². The summed E-state index contributed by atoms with van der Waals surface area (Å²) >= 11 is 0.985. The highest BCUT2D eigenvalue weighted by atomic mass is 32.1. The molecule has 0 fully saturated rings. The van der Waals surface area contributed by atoms with Gasteiger partial charge < -0.3 is 19.3 Å². The summed E-state index contributed by atoms with van der Waals surface area (Å²) in [6, 6.07) is 9.73. The summed E-state index contributed by atoms with van der Waals surface area (Å²) in [4.78, 5) is 14.8. The van der Waals surface area contributed by atoms with E-state index in [-0.39, 0.29) is 16.7 Å². The van der Waals surface area contributed by atoms with Crippen LogP contribution in [0.25, 0.3) is 0 Å². The highest BCUT2D eigenvalue weighted by Gasteiger charge is 2.24. The Balaban J connectivity index is 1.59. The third-order valence-electron chi connectivity index (χ3n) is 2.74. The van der Waals surface area contributed by atoms with E-state index in [2.05, 4.69) is 4.98 Å². The highest BCUT2D eigenvalue weighted by Crippen LogP contribution is 2.26. The largest absolute Gasteiger partial charge is 0.477 e. The maximum Gasteiger partial charge on any atom is 0.351 e. The molecule has 1 N–H and O–H groups in total. The number of hydrogen-bond acceptors (Lipinski definition) is 6. The van der Waals surface area contributed by atoms with E-state index < -0.39 is 12.3 Å². The number of rotatable bonds is 5. The van der Waals surface area contributed by atoms with Crippen molar-refractivity contribution >= 4 is 17.3 Å². The molecule has 0 spiro atoms. The number of carboxylic acid groups (broad SMARTS) is 1. The van der Waals surface area contributed by atoms with Crippen molar-refractivity contribution in [1.82, 2.24) is 4.98 Å². The van der Waals surface area contributed by atoms with Crippen LogP contribution in [0.2, 0.25) is 0 Å². The van der Waals surface area contributed by atoms with Crippen molar-refractivity contribution in [1.29, 1.82) is 0 Å². The molecule has 1 unspecified atom stereocenters. The molecule has 2 aromatic rings. The molecule has 3 rings (SSSR count). The molecule has 2 heterocycles. The zero-order valence-electron chi connectivity index (χ0n) is 10.8. The Hall–Kier alpha value is -2.54. The average molecular weight is 305 g/mol. The van der Waals surface area contributed by atoms with E-state index in [0.29, 0.717) is 6.42 Å². The van der Waals surface area contributed by atoms with E-state index >= 15 is 0 Å². The average Bonchev–Trinajstić information content (AvgIpc) is 3.10.